The zero-order valence-corrected chi connectivity index (χ0v) is 16.6. The highest BCUT2D eigenvalue weighted by Crippen LogP contribution is 2.36. The fourth-order valence-electron chi connectivity index (χ4n) is 3.80. The zero-order valence-electron chi connectivity index (χ0n) is 16.6. The molecule has 148 valence electrons. The number of nitrogens with one attached hydrogen (secondary N) is 2. The van der Waals surface area contributed by atoms with Crippen molar-refractivity contribution in [1.82, 2.24) is 9.97 Å². The van der Waals surface area contributed by atoms with Crippen molar-refractivity contribution in [2.75, 3.05) is 25.1 Å². The normalized spacial score (nSPS) is 17.4. The van der Waals surface area contributed by atoms with Gasteiger partial charge in [0.15, 0.2) is 0 Å². The molecule has 2 fully saturated rings. The molecule has 0 bridgehead atoms. The van der Waals surface area contributed by atoms with Gasteiger partial charge in [-0.2, -0.15) is 0 Å². The number of pyridine rings is 2. The average Bonchev–Trinajstić information content (AvgIpc) is 3.15. The molecule has 0 atom stereocenters. The van der Waals surface area contributed by atoms with Crippen LogP contribution in [0.5, 0.6) is 5.75 Å². The molecule has 2 aromatic rings. The lowest BCUT2D eigenvalue weighted by Gasteiger charge is -2.26. The van der Waals surface area contributed by atoms with Crippen molar-refractivity contribution in [2.24, 2.45) is 5.92 Å². The second-order valence-corrected chi connectivity index (χ2v) is 7.93. The van der Waals surface area contributed by atoms with E-state index in [4.69, 9.17) is 19.9 Å². The Morgan fingerprint density at radius 1 is 1.25 bits per heavy atom. The maximum atomic E-state index is 8.04. The van der Waals surface area contributed by atoms with E-state index in [2.05, 4.69) is 16.4 Å². The fourth-order valence-corrected chi connectivity index (χ4v) is 3.80. The van der Waals surface area contributed by atoms with Crippen LogP contribution in [0.3, 0.4) is 0 Å². The molecule has 6 nitrogen and oxygen atoms in total. The maximum Gasteiger partial charge on any atom is 0.134 e. The molecule has 2 aliphatic rings. The van der Waals surface area contributed by atoms with Crippen LogP contribution in [0.25, 0.3) is 0 Å². The molecule has 0 aromatic carbocycles. The first-order valence-electron chi connectivity index (χ1n) is 10.1. The van der Waals surface area contributed by atoms with Crippen LogP contribution in [0.2, 0.25) is 0 Å². The molecule has 1 saturated heterocycles. The van der Waals surface area contributed by atoms with Gasteiger partial charge in [0.05, 0.1) is 25.5 Å². The van der Waals surface area contributed by atoms with E-state index in [0.29, 0.717) is 24.2 Å². The van der Waals surface area contributed by atoms with E-state index in [1.165, 1.54) is 25.7 Å². The van der Waals surface area contributed by atoms with Gasteiger partial charge >= 0.3 is 0 Å². The van der Waals surface area contributed by atoms with E-state index < -0.39 is 0 Å². The molecule has 4 rings (SSSR count). The lowest BCUT2D eigenvalue weighted by Crippen LogP contribution is -2.32. The Labute approximate surface area is 166 Å². The smallest absolute Gasteiger partial charge is 0.134 e. The molecule has 0 radical (unpaired) electrons. The van der Waals surface area contributed by atoms with Gasteiger partial charge in [0.2, 0.25) is 0 Å². The average molecular weight is 380 g/mol. The molecule has 0 amide bonds. The highest BCUT2D eigenvalue weighted by Gasteiger charge is 2.22. The topological polar surface area (TPSA) is 80.1 Å². The van der Waals surface area contributed by atoms with Crippen molar-refractivity contribution < 1.29 is 9.47 Å². The van der Waals surface area contributed by atoms with Gasteiger partial charge in [0, 0.05) is 52.8 Å². The number of rotatable bonds is 7. The molecule has 1 aliphatic heterocycles. The van der Waals surface area contributed by atoms with Crippen LogP contribution in [-0.4, -0.2) is 35.5 Å². The molecular weight excluding hydrogens is 352 g/mol. The van der Waals surface area contributed by atoms with Crippen LogP contribution in [0, 0.1) is 18.3 Å². The van der Waals surface area contributed by atoms with Crippen LogP contribution in [0.15, 0.2) is 24.4 Å². The van der Waals surface area contributed by atoms with Gasteiger partial charge in [0.1, 0.15) is 11.6 Å². The predicted molar refractivity (Wildman–Crippen MR) is 110 cm³/mol. The van der Waals surface area contributed by atoms with E-state index in [0.717, 1.165) is 47.4 Å². The number of ether oxygens (including phenoxy) is 2. The second kappa shape index (κ2) is 8.27. The molecular formula is C22H28N4O2. The van der Waals surface area contributed by atoms with E-state index in [-0.39, 0.29) is 0 Å². The Hall–Kier alpha value is -2.47. The van der Waals surface area contributed by atoms with Crippen molar-refractivity contribution >= 4 is 17.2 Å². The Balaban J connectivity index is 1.62. The summed E-state index contributed by atoms with van der Waals surface area (Å²) in [6.45, 7) is 5.96. The van der Waals surface area contributed by atoms with Crippen LogP contribution in [-0.2, 0) is 4.74 Å². The third-order valence-electron chi connectivity index (χ3n) is 5.49. The van der Waals surface area contributed by atoms with Gasteiger partial charge in [-0.1, -0.05) is 12.8 Å². The highest BCUT2D eigenvalue weighted by atomic mass is 16.5. The molecule has 1 aliphatic carbocycles. The van der Waals surface area contributed by atoms with Crippen molar-refractivity contribution in [3.8, 4) is 5.75 Å². The minimum atomic E-state index is 0.475. The molecule has 0 unspecified atom stereocenters. The summed E-state index contributed by atoms with van der Waals surface area (Å²) in [5, 5.41) is 11.5. The summed E-state index contributed by atoms with van der Waals surface area (Å²) >= 11 is 0. The van der Waals surface area contributed by atoms with E-state index in [9.17, 15) is 0 Å². The van der Waals surface area contributed by atoms with Gasteiger partial charge in [-0.05, 0) is 32.8 Å². The molecule has 3 heterocycles. The zero-order chi connectivity index (χ0) is 19.5. The van der Waals surface area contributed by atoms with Gasteiger partial charge in [-0.3, -0.25) is 4.98 Å². The summed E-state index contributed by atoms with van der Waals surface area (Å²) in [6.07, 6.45) is 6.65. The summed E-state index contributed by atoms with van der Waals surface area (Å²) in [5.41, 5.74) is 4.12. The second-order valence-electron chi connectivity index (χ2n) is 7.93. The number of nitrogens with zero attached hydrogens (tertiary/aromatic N) is 2. The molecule has 2 N–H and O–H groups in total. The Bertz CT molecular complexity index is 858. The first-order chi connectivity index (χ1) is 13.6. The first-order valence-corrected chi connectivity index (χ1v) is 10.1. The highest BCUT2D eigenvalue weighted by molar-refractivity contribution is 6.01. The van der Waals surface area contributed by atoms with Gasteiger partial charge in [-0.25, -0.2) is 4.98 Å². The van der Waals surface area contributed by atoms with E-state index >= 15 is 0 Å². The minimum Gasteiger partial charge on any atom is -0.493 e. The number of aryl methyl sites for hydroxylation is 1. The van der Waals surface area contributed by atoms with Crippen molar-refractivity contribution in [1.29, 1.82) is 5.41 Å². The SMILES string of the molecule is CC(=N)c1cnc(C)cc1Nc1cc(OCC2COC2)cc(C2CCCC2)n1. The molecule has 0 spiro atoms. The summed E-state index contributed by atoms with van der Waals surface area (Å²) in [4.78, 5) is 9.22. The van der Waals surface area contributed by atoms with E-state index in [1.54, 1.807) is 13.1 Å². The summed E-state index contributed by atoms with van der Waals surface area (Å²) in [7, 11) is 0. The number of hydrogen-bond acceptors (Lipinski definition) is 6. The third-order valence-corrected chi connectivity index (χ3v) is 5.49. The number of aromatic nitrogens is 2. The fraction of sp³-hybridized carbons (Fsp3) is 0.500. The minimum absolute atomic E-state index is 0.475. The summed E-state index contributed by atoms with van der Waals surface area (Å²) in [5.74, 6) is 2.59. The standard InChI is InChI=1S/C22H28N4O2/c1-14-7-21(19(10-24-14)15(2)23)26-22-9-18(28-13-16-11-27-12-16)8-20(25-22)17-5-3-4-6-17/h7-10,16-17,23H,3-6,11-13H2,1-2H3,(H,24,25,26). The monoisotopic (exact) mass is 380 g/mol. The Morgan fingerprint density at radius 2 is 2.04 bits per heavy atom. The van der Waals surface area contributed by atoms with Crippen LogP contribution in [0.4, 0.5) is 11.5 Å². The van der Waals surface area contributed by atoms with Gasteiger partial charge in [0.25, 0.3) is 0 Å². The van der Waals surface area contributed by atoms with Gasteiger partial charge < -0.3 is 20.2 Å². The lowest BCUT2D eigenvalue weighted by molar-refractivity contribution is -0.0508. The molecule has 2 aromatic heterocycles. The van der Waals surface area contributed by atoms with Gasteiger partial charge in [-0.15, -0.1) is 0 Å². The molecule has 1 saturated carbocycles. The van der Waals surface area contributed by atoms with Crippen LogP contribution < -0.4 is 10.1 Å². The first kappa shape index (κ1) is 18.9. The maximum absolute atomic E-state index is 8.04. The van der Waals surface area contributed by atoms with Crippen LogP contribution >= 0.6 is 0 Å². The van der Waals surface area contributed by atoms with Crippen LogP contribution in [0.1, 0.15) is 55.5 Å². The lowest BCUT2D eigenvalue weighted by atomic mass is 10.0. The Kier molecular flexibility index (Phi) is 5.57. The Morgan fingerprint density at radius 3 is 2.71 bits per heavy atom. The quantitative estimate of drug-likeness (QED) is 0.686. The van der Waals surface area contributed by atoms with Crippen molar-refractivity contribution in [3.05, 3.63) is 41.3 Å². The van der Waals surface area contributed by atoms with Crippen molar-refractivity contribution in [2.45, 2.75) is 45.4 Å². The predicted octanol–water partition coefficient (Wildman–Crippen LogP) is 4.60. The largest absolute Gasteiger partial charge is 0.493 e. The summed E-state index contributed by atoms with van der Waals surface area (Å²) in [6, 6.07) is 6.02. The summed E-state index contributed by atoms with van der Waals surface area (Å²) < 4.78 is 11.3. The molecule has 6 heteroatoms. The molecule has 28 heavy (non-hydrogen) atoms. The van der Waals surface area contributed by atoms with Crippen molar-refractivity contribution in [3.63, 3.8) is 0 Å². The third kappa shape index (κ3) is 4.33. The number of hydrogen-bond donors (Lipinski definition) is 2. The van der Waals surface area contributed by atoms with E-state index in [1.807, 2.05) is 19.1 Å². The number of anilines is 2.